The number of alkyl halides is 2. The van der Waals surface area contributed by atoms with Crippen molar-refractivity contribution in [1.82, 2.24) is 19.8 Å². The van der Waals surface area contributed by atoms with Gasteiger partial charge in [-0.25, -0.2) is 18.4 Å². The lowest BCUT2D eigenvalue weighted by Gasteiger charge is -2.61. The van der Waals surface area contributed by atoms with Crippen LogP contribution in [0.25, 0.3) is 0 Å². The standard InChI is InChI=1S/C18H22ClF2N5O2/c1-10-3-18(28,13(20)21)26(23-10)14(27)16-4-11-2-12(5-16)7-17(6-11,8-16)25-9-22-15(19)24-25/h9,11-13,28H,2-8H2,1H3/t11-,12-,16?,17?,18+/m0/s1. The van der Waals surface area contributed by atoms with Crippen LogP contribution in [0.3, 0.4) is 0 Å². The van der Waals surface area contributed by atoms with Gasteiger partial charge in [-0.15, -0.1) is 5.10 Å². The molecule has 1 amide bonds. The summed E-state index contributed by atoms with van der Waals surface area (Å²) in [6.45, 7) is 1.55. The Hall–Kier alpha value is -1.61. The Morgan fingerprint density at radius 1 is 1.32 bits per heavy atom. The first kappa shape index (κ1) is 18.4. The second-order valence-electron chi connectivity index (χ2n) is 9.23. The number of halogens is 3. The van der Waals surface area contributed by atoms with Crippen LogP contribution in [0.4, 0.5) is 8.78 Å². The van der Waals surface area contributed by atoms with Crippen LogP contribution in [0.2, 0.25) is 5.28 Å². The van der Waals surface area contributed by atoms with E-state index in [9.17, 15) is 18.7 Å². The van der Waals surface area contributed by atoms with Gasteiger partial charge in [-0.3, -0.25) is 4.79 Å². The molecule has 28 heavy (non-hydrogen) atoms. The number of carbonyl (C=O) groups is 1. The lowest BCUT2D eigenvalue weighted by atomic mass is 9.46. The van der Waals surface area contributed by atoms with E-state index in [1.165, 1.54) is 0 Å². The SMILES string of the molecule is CC1=NN(C(=O)C23C[C@@H]4C[C@@H](C2)CC(n2cnc(Cl)n2)(C4)C3)[C@](O)(C(F)F)C1. The molecule has 0 unspecified atom stereocenters. The Bertz CT molecular complexity index is 860. The quantitative estimate of drug-likeness (QED) is 0.825. The highest BCUT2D eigenvalue weighted by Crippen LogP contribution is 2.65. The van der Waals surface area contributed by atoms with Crippen LogP contribution in [0.15, 0.2) is 11.4 Å². The van der Waals surface area contributed by atoms with Crippen LogP contribution in [-0.4, -0.2) is 48.6 Å². The minimum absolute atomic E-state index is 0.156. The van der Waals surface area contributed by atoms with Gasteiger partial charge in [0.05, 0.1) is 11.0 Å². The summed E-state index contributed by atoms with van der Waals surface area (Å²) in [6.07, 6.45) is 2.71. The molecule has 1 aromatic heterocycles. The second kappa shape index (κ2) is 5.72. The van der Waals surface area contributed by atoms with E-state index >= 15 is 0 Å². The van der Waals surface area contributed by atoms with E-state index in [0.717, 1.165) is 19.3 Å². The largest absolute Gasteiger partial charge is 0.364 e. The molecule has 3 atom stereocenters. The van der Waals surface area contributed by atoms with E-state index in [0.29, 0.717) is 41.8 Å². The van der Waals surface area contributed by atoms with Crippen molar-refractivity contribution in [2.45, 2.75) is 69.6 Å². The monoisotopic (exact) mass is 413 g/mol. The van der Waals surface area contributed by atoms with Gasteiger partial charge in [0.1, 0.15) is 6.33 Å². The third-order valence-electron chi connectivity index (χ3n) is 7.13. The minimum atomic E-state index is -3.09. The van der Waals surface area contributed by atoms with Crippen molar-refractivity contribution in [3.8, 4) is 0 Å². The van der Waals surface area contributed by atoms with Gasteiger partial charge >= 0.3 is 0 Å². The van der Waals surface area contributed by atoms with Gasteiger partial charge in [0.25, 0.3) is 12.3 Å². The van der Waals surface area contributed by atoms with Gasteiger partial charge in [0, 0.05) is 12.1 Å². The summed E-state index contributed by atoms with van der Waals surface area (Å²) in [5, 5.41) is 19.7. The van der Waals surface area contributed by atoms with E-state index in [1.54, 1.807) is 17.9 Å². The Balaban J connectivity index is 1.54. The number of hydrogen-bond acceptors (Lipinski definition) is 5. The molecule has 4 saturated carbocycles. The predicted octanol–water partition coefficient (Wildman–Crippen LogP) is 2.79. The molecular formula is C18H22ClF2N5O2. The van der Waals surface area contributed by atoms with Gasteiger partial charge in [-0.2, -0.15) is 10.1 Å². The van der Waals surface area contributed by atoms with E-state index < -0.39 is 23.5 Å². The van der Waals surface area contributed by atoms with Crippen LogP contribution in [0, 0.1) is 17.3 Å². The first-order chi connectivity index (χ1) is 13.2. The van der Waals surface area contributed by atoms with Crippen molar-refractivity contribution in [3.63, 3.8) is 0 Å². The molecule has 10 heteroatoms. The third kappa shape index (κ3) is 2.41. The summed E-state index contributed by atoms with van der Waals surface area (Å²) in [4.78, 5) is 17.6. The summed E-state index contributed by atoms with van der Waals surface area (Å²) in [6, 6.07) is 0. The van der Waals surface area contributed by atoms with Crippen molar-refractivity contribution in [2.24, 2.45) is 22.4 Å². The van der Waals surface area contributed by atoms with Crippen LogP contribution in [0.5, 0.6) is 0 Å². The fraction of sp³-hybridized carbons (Fsp3) is 0.778. The zero-order chi connectivity index (χ0) is 19.9. The predicted molar refractivity (Wildman–Crippen MR) is 95.6 cm³/mol. The number of amides is 1. The Kier molecular flexibility index (Phi) is 3.76. The molecule has 4 fully saturated rings. The highest BCUT2D eigenvalue weighted by Gasteiger charge is 2.65. The maximum atomic E-state index is 13.7. The molecule has 7 nitrogen and oxygen atoms in total. The number of carbonyl (C=O) groups excluding carboxylic acids is 1. The summed E-state index contributed by atoms with van der Waals surface area (Å²) in [5.41, 5.74) is -3.44. The molecule has 4 bridgehead atoms. The van der Waals surface area contributed by atoms with Gasteiger partial charge in [0.15, 0.2) is 0 Å². The molecule has 1 N–H and O–H groups in total. The highest BCUT2D eigenvalue weighted by molar-refractivity contribution is 6.28. The smallest absolute Gasteiger partial charge is 0.287 e. The van der Waals surface area contributed by atoms with Gasteiger partial charge in [-0.05, 0) is 68.9 Å². The molecule has 0 saturated heterocycles. The molecule has 6 rings (SSSR count). The van der Waals surface area contributed by atoms with Crippen LogP contribution in [0.1, 0.15) is 51.9 Å². The maximum Gasteiger partial charge on any atom is 0.287 e. The van der Waals surface area contributed by atoms with Crippen molar-refractivity contribution in [3.05, 3.63) is 11.6 Å². The molecule has 0 aromatic carbocycles. The fourth-order valence-corrected chi connectivity index (χ4v) is 6.69. The van der Waals surface area contributed by atoms with Crippen molar-refractivity contribution >= 4 is 23.2 Å². The Morgan fingerprint density at radius 3 is 2.57 bits per heavy atom. The normalized spacial score (nSPS) is 41.8. The van der Waals surface area contributed by atoms with Crippen LogP contribution >= 0.6 is 11.6 Å². The van der Waals surface area contributed by atoms with E-state index in [4.69, 9.17) is 11.6 Å². The Labute approximate surface area is 165 Å². The zero-order valence-electron chi connectivity index (χ0n) is 15.5. The van der Waals surface area contributed by atoms with E-state index in [1.807, 2.05) is 0 Å². The van der Waals surface area contributed by atoms with Crippen molar-refractivity contribution in [1.29, 1.82) is 0 Å². The molecule has 2 heterocycles. The van der Waals surface area contributed by atoms with Crippen molar-refractivity contribution < 1.29 is 18.7 Å². The van der Waals surface area contributed by atoms with Gasteiger partial charge in [-0.1, -0.05) is 0 Å². The van der Waals surface area contributed by atoms with Gasteiger partial charge in [0.2, 0.25) is 11.0 Å². The highest BCUT2D eigenvalue weighted by atomic mass is 35.5. The first-order valence-electron chi connectivity index (χ1n) is 9.63. The first-order valence-corrected chi connectivity index (χ1v) is 10.0. The molecule has 4 aliphatic carbocycles. The average Bonchev–Trinajstić information content (AvgIpc) is 3.17. The summed E-state index contributed by atoms with van der Waals surface area (Å²) >= 11 is 5.94. The topological polar surface area (TPSA) is 83.6 Å². The minimum Gasteiger partial charge on any atom is -0.364 e. The molecule has 0 spiro atoms. The molecule has 1 aromatic rings. The number of hydrogen-bond donors (Lipinski definition) is 1. The number of rotatable bonds is 3. The molecule has 1 aliphatic heterocycles. The number of hydrazone groups is 1. The Morgan fingerprint density at radius 2 is 2.00 bits per heavy atom. The fourth-order valence-electron chi connectivity index (χ4n) is 6.56. The van der Waals surface area contributed by atoms with Crippen LogP contribution < -0.4 is 0 Å². The lowest BCUT2D eigenvalue weighted by Crippen LogP contribution is -2.63. The average molecular weight is 414 g/mol. The van der Waals surface area contributed by atoms with Gasteiger partial charge < -0.3 is 5.11 Å². The third-order valence-corrected chi connectivity index (χ3v) is 7.30. The lowest BCUT2D eigenvalue weighted by molar-refractivity contribution is -0.211. The van der Waals surface area contributed by atoms with E-state index in [-0.39, 0.29) is 17.2 Å². The van der Waals surface area contributed by atoms with E-state index in [2.05, 4.69) is 15.2 Å². The zero-order valence-corrected chi connectivity index (χ0v) is 16.2. The number of nitrogens with zero attached hydrogens (tertiary/aromatic N) is 5. The second-order valence-corrected chi connectivity index (χ2v) is 9.57. The number of aliphatic hydroxyl groups is 1. The molecule has 152 valence electrons. The number of aromatic nitrogens is 3. The molecular weight excluding hydrogens is 392 g/mol. The van der Waals surface area contributed by atoms with Crippen molar-refractivity contribution in [2.75, 3.05) is 0 Å². The maximum absolute atomic E-state index is 13.7. The summed E-state index contributed by atoms with van der Waals surface area (Å²) in [5.74, 6) is 0.123. The summed E-state index contributed by atoms with van der Waals surface area (Å²) < 4.78 is 29.1. The van der Waals surface area contributed by atoms with Crippen LogP contribution in [-0.2, 0) is 10.3 Å². The molecule has 0 radical (unpaired) electrons. The summed E-state index contributed by atoms with van der Waals surface area (Å²) in [7, 11) is 0. The molecule has 5 aliphatic rings.